The molecule has 7 aromatic carbocycles. The van der Waals surface area contributed by atoms with E-state index in [1.165, 1.54) is 99.1 Å². The molecule has 0 aliphatic heterocycles. The minimum atomic E-state index is 0.0931. The molecule has 236 valence electrons. The quantitative estimate of drug-likeness (QED) is 0.177. The van der Waals surface area contributed by atoms with Crippen LogP contribution in [0.1, 0.15) is 43.2 Å². The minimum Gasteiger partial charge on any atom is -0.309 e. The summed E-state index contributed by atoms with van der Waals surface area (Å²) in [5.74, 6) is 0. The van der Waals surface area contributed by atoms with Gasteiger partial charge in [-0.2, -0.15) is 0 Å². The van der Waals surface area contributed by atoms with Gasteiger partial charge in [0.05, 0.1) is 11.4 Å². The molecular weight excluding hydrogens is 591 g/mol. The van der Waals surface area contributed by atoms with E-state index in [1.54, 1.807) is 0 Å². The highest BCUT2D eigenvalue weighted by Crippen LogP contribution is 2.59. The summed E-state index contributed by atoms with van der Waals surface area (Å²) >= 11 is 0. The molecule has 0 atom stereocenters. The molecule has 1 spiro atoms. The third kappa shape index (κ3) is 5.00. The zero-order chi connectivity index (χ0) is 32.6. The third-order valence-electron chi connectivity index (χ3n) is 10.9. The maximum atomic E-state index is 2.52. The summed E-state index contributed by atoms with van der Waals surface area (Å²) in [6, 6.07) is 64.7. The molecule has 0 heterocycles. The molecule has 2 aliphatic carbocycles. The Labute approximate surface area is 290 Å². The summed E-state index contributed by atoms with van der Waals surface area (Å²) in [6.07, 6.45) is 6.33. The highest BCUT2D eigenvalue weighted by atomic mass is 15.1. The van der Waals surface area contributed by atoms with Crippen molar-refractivity contribution in [2.24, 2.45) is 0 Å². The molecule has 9 rings (SSSR count). The van der Waals surface area contributed by atoms with Crippen LogP contribution in [0.25, 0.3) is 44.5 Å². The smallest absolute Gasteiger partial charge is 0.0543 e. The lowest BCUT2D eigenvalue weighted by Crippen LogP contribution is -2.28. The van der Waals surface area contributed by atoms with Crippen LogP contribution in [-0.2, 0) is 5.41 Å². The number of para-hydroxylation sites is 1. The first-order valence-corrected chi connectivity index (χ1v) is 17.7. The van der Waals surface area contributed by atoms with Crippen LogP contribution in [0, 0.1) is 0 Å². The first-order valence-electron chi connectivity index (χ1n) is 17.7. The molecule has 0 aromatic heterocycles. The van der Waals surface area contributed by atoms with Gasteiger partial charge >= 0.3 is 0 Å². The van der Waals surface area contributed by atoms with Crippen molar-refractivity contribution in [3.05, 3.63) is 187 Å². The average Bonchev–Trinajstić information content (AvgIpc) is 3.45. The van der Waals surface area contributed by atoms with Crippen molar-refractivity contribution in [3.63, 3.8) is 0 Å². The Hall–Kier alpha value is -5.66. The van der Waals surface area contributed by atoms with E-state index in [1.807, 2.05) is 0 Å². The van der Waals surface area contributed by atoms with Gasteiger partial charge in [-0.3, -0.25) is 0 Å². The van der Waals surface area contributed by atoms with Gasteiger partial charge in [0.15, 0.2) is 0 Å². The number of benzene rings is 7. The van der Waals surface area contributed by atoms with Crippen molar-refractivity contribution in [3.8, 4) is 44.5 Å². The van der Waals surface area contributed by atoms with Crippen molar-refractivity contribution < 1.29 is 0 Å². The van der Waals surface area contributed by atoms with Crippen LogP contribution in [0.5, 0.6) is 0 Å². The van der Waals surface area contributed by atoms with Crippen molar-refractivity contribution in [1.29, 1.82) is 0 Å². The molecule has 0 amide bonds. The van der Waals surface area contributed by atoms with Gasteiger partial charge < -0.3 is 4.90 Å². The van der Waals surface area contributed by atoms with Crippen LogP contribution in [-0.4, -0.2) is 0 Å². The molecule has 0 saturated heterocycles. The lowest BCUT2D eigenvalue weighted by Gasteiger charge is -2.36. The van der Waals surface area contributed by atoms with Crippen LogP contribution in [0.15, 0.2) is 176 Å². The Morgan fingerprint density at radius 1 is 0.347 bits per heavy atom. The number of rotatable bonds is 6. The fourth-order valence-electron chi connectivity index (χ4n) is 8.70. The van der Waals surface area contributed by atoms with Gasteiger partial charge in [-0.1, -0.05) is 171 Å². The van der Waals surface area contributed by atoms with E-state index in [0.29, 0.717) is 0 Å². The second-order valence-corrected chi connectivity index (χ2v) is 13.6. The van der Waals surface area contributed by atoms with Crippen LogP contribution in [0.2, 0.25) is 0 Å². The van der Waals surface area contributed by atoms with E-state index in [2.05, 4.69) is 181 Å². The molecule has 0 N–H and O–H groups in total. The van der Waals surface area contributed by atoms with Crippen LogP contribution in [0.3, 0.4) is 0 Å². The fourth-order valence-corrected chi connectivity index (χ4v) is 8.70. The van der Waals surface area contributed by atoms with Gasteiger partial charge in [0.25, 0.3) is 0 Å². The standard InChI is InChI=1S/C48H39N/c1-4-17-35(18-5-1)39-21-8-9-22-40(39)37-29-31-38(32-30-37)49(45-27-13-11-23-41(45)36-19-6-2-7-20-36)46-28-16-26-44-47(46)42-24-10-12-25-43(42)48(44)33-14-3-15-34-48/h1-2,4-13,16-32H,3,14-15,33-34H2. The average molecular weight is 630 g/mol. The Kier molecular flexibility index (Phi) is 7.47. The first-order chi connectivity index (χ1) is 24.3. The van der Waals surface area contributed by atoms with E-state index in [9.17, 15) is 0 Å². The van der Waals surface area contributed by atoms with Gasteiger partial charge in [0.1, 0.15) is 0 Å². The predicted molar refractivity (Wildman–Crippen MR) is 207 cm³/mol. The number of nitrogens with zero attached hydrogens (tertiary/aromatic N) is 1. The third-order valence-corrected chi connectivity index (χ3v) is 10.9. The van der Waals surface area contributed by atoms with E-state index in [-0.39, 0.29) is 5.41 Å². The Balaban J connectivity index is 1.25. The molecule has 1 heteroatoms. The van der Waals surface area contributed by atoms with Gasteiger partial charge in [0, 0.05) is 22.2 Å². The maximum absolute atomic E-state index is 2.52. The molecule has 7 aromatic rings. The molecule has 0 bridgehead atoms. The number of hydrogen-bond donors (Lipinski definition) is 0. The van der Waals surface area contributed by atoms with Gasteiger partial charge in [-0.15, -0.1) is 0 Å². The van der Waals surface area contributed by atoms with E-state index in [4.69, 9.17) is 0 Å². The monoisotopic (exact) mass is 629 g/mol. The molecule has 2 aliphatic rings. The van der Waals surface area contributed by atoms with E-state index < -0.39 is 0 Å². The Morgan fingerprint density at radius 3 is 1.51 bits per heavy atom. The van der Waals surface area contributed by atoms with Gasteiger partial charge in [0.2, 0.25) is 0 Å². The molecule has 1 fully saturated rings. The SMILES string of the molecule is c1ccc(-c2ccccc2-c2ccc(N(c3ccccc3-c3ccccc3)c3cccc4c3-c3ccccc3C43CCCCC3)cc2)cc1. The van der Waals surface area contributed by atoms with Crippen LogP contribution >= 0.6 is 0 Å². The van der Waals surface area contributed by atoms with E-state index >= 15 is 0 Å². The van der Waals surface area contributed by atoms with Crippen molar-refractivity contribution >= 4 is 17.1 Å². The largest absolute Gasteiger partial charge is 0.309 e. The zero-order valence-electron chi connectivity index (χ0n) is 27.7. The lowest BCUT2D eigenvalue weighted by atomic mass is 9.68. The second-order valence-electron chi connectivity index (χ2n) is 13.6. The lowest BCUT2D eigenvalue weighted by molar-refractivity contribution is 0.353. The summed E-state index contributed by atoms with van der Waals surface area (Å²) in [6.45, 7) is 0. The van der Waals surface area contributed by atoms with Crippen molar-refractivity contribution in [1.82, 2.24) is 0 Å². The fraction of sp³-hybridized carbons (Fsp3) is 0.125. The minimum absolute atomic E-state index is 0.0931. The molecule has 1 saturated carbocycles. The van der Waals surface area contributed by atoms with Crippen molar-refractivity contribution in [2.75, 3.05) is 4.90 Å². The number of fused-ring (bicyclic) bond motifs is 5. The molecule has 49 heavy (non-hydrogen) atoms. The second kappa shape index (κ2) is 12.4. The molecule has 0 unspecified atom stereocenters. The summed E-state index contributed by atoms with van der Waals surface area (Å²) in [5.41, 5.74) is 16.8. The predicted octanol–water partition coefficient (Wildman–Crippen LogP) is 13.4. The zero-order valence-corrected chi connectivity index (χ0v) is 27.7. The Morgan fingerprint density at radius 2 is 0.837 bits per heavy atom. The molecule has 0 radical (unpaired) electrons. The maximum Gasteiger partial charge on any atom is 0.0543 e. The summed E-state index contributed by atoms with van der Waals surface area (Å²) in [7, 11) is 0. The Bertz CT molecular complexity index is 2240. The molecular formula is C48H39N. The van der Waals surface area contributed by atoms with E-state index in [0.717, 1.165) is 5.69 Å². The topological polar surface area (TPSA) is 3.24 Å². The van der Waals surface area contributed by atoms with Crippen LogP contribution < -0.4 is 4.90 Å². The summed E-state index contributed by atoms with van der Waals surface area (Å²) < 4.78 is 0. The molecule has 1 nitrogen and oxygen atoms in total. The number of anilines is 3. The van der Waals surface area contributed by atoms with Crippen molar-refractivity contribution in [2.45, 2.75) is 37.5 Å². The van der Waals surface area contributed by atoms with Gasteiger partial charge in [-0.25, -0.2) is 0 Å². The highest BCUT2D eigenvalue weighted by Gasteiger charge is 2.45. The van der Waals surface area contributed by atoms with Gasteiger partial charge in [-0.05, 0) is 81.6 Å². The summed E-state index contributed by atoms with van der Waals surface area (Å²) in [5, 5.41) is 0. The summed E-state index contributed by atoms with van der Waals surface area (Å²) in [4.78, 5) is 2.52. The normalized spacial score (nSPS) is 14.3. The highest BCUT2D eigenvalue weighted by molar-refractivity contribution is 5.98. The number of hydrogen-bond acceptors (Lipinski definition) is 1. The first kappa shape index (κ1) is 29.5. The van der Waals surface area contributed by atoms with Crippen LogP contribution in [0.4, 0.5) is 17.1 Å².